The van der Waals surface area contributed by atoms with E-state index in [1.165, 1.54) is 16.0 Å². The number of amides is 3. The number of hydrogen-bond acceptors (Lipinski definition) is 15. The van der Waals surface area contributed by atoms with Crippen molar-refractivity contribution in [3.8, 4) is 0 Å². The van der Waals surface area contributed by atoms with Crippen LogP contribution in [0.1, 0.15) is 44.3 Å². The van der Waals surface area contributed by atoms with Crippen LogP contribution in [-0.2, 0) is 44.8 Å². The minimum Gasteiger partial charge on any atom is -0.480 e. The molecule has 0 fully saturated rings. The number of nitrogens with one attached hydrogen (secondary N) is 7. The third-order valence-electron chi connectivity index (χ3n) is 9.49. The average Bonchev–Trinajstić information content (AvgIpc) is 3.75. The van der Waals surface area contributed by atoms with E-state index in [0.717, 1.165) is 23.7 Å². The Kier molecular flexibility index (Phi) is 25.6. The Morgan fingerprint density at radius 3 is 1.98 bits per heavy atom. The molecular weight excluding hydrogens is 843 g/mol. The average molecular weight is 904 g/mol. The normalized spacial score (nSPS) is 14.1. The molecule has 1 aromatic heterocycles. The molecule has 2 rings (SSSR count). The van der Waals surface area contributed by atoms with E-state index in [-0.39, 0.29) is 63.8 Å². The van der Waals surface area contributed by atoms with Crippen LogP contribution in [0, 0.1) is 5.41 Å². The fourth-order valence-electron chi connectivity index (χ4n) is 6.30. The maximum absolute atomic E-state index is 12.9. The number of H-pyrrole nitrogens is 1. The van der Waals surface area contributed by atoms with Crippen molar-refractivity contribution in [2.24, 2.45) is 0 Å². The molecule has 1 aliphatic carbocycles. The Balaban J connectivity index is 1.70. The molecule has 0 saturated heterocycles. The topological polar surface area (TPSA) is 360 Å². The van der Waals surface area contributed by atoms with Crippen LogP contribution in [0.25, 0.3) is 0 Å². The number of carbonyl (C=O) groups excluding carboxylic acids is 3. The molecule has 64 heavy (non-hydrogen) atoms. The van der Waals surface area contributed by atoms with Gasteiger partial charge in [-0.05, 0) is 50.1 Å². The molecule has 24 heteroatoms. The molecule has 1 unspecified atom stereocenters. The van der Waals surface area contributed by atoms with Crippen molar-refractivity contribution in [3.63, 3.8) is 0 Å². The number of allylic oxidation sites excluding steroid dienone is 1. The summed E-state index contributed by atoms with van der Waals surface area (Å²) in [5.74, 6) is -7.08. The molecule has 1 heterocycles. The summed E-state index contributed by atoms with van der Waals surface area (Å²) in [6.45, 7) is -1.55. The quantitative estimate of drug-likeness (QED) is 0.0254. The number of rotatable bonds is 36. The molecule has 1 aliphatic rings. The highest BCUT2D eigenvalue weighted by Crippen LogP contribution is 2.17. The van der Waals surface area contributed by atoms with Crippen molar-refractivity contribution in [1.29, 1.82) is 5.41 Å². The molecule has 0 spiro atoms. The van der Waals surface area contributed by atoms with E-state index in [4.69, 9.17) is 15.6 Å². The lowest BCUT2D eigenvalue weighted by atomic mass is 9.94. The van der Waals surface area contributed by atoms with E-state index >= 15 is 0 Å². The van der Waals surface area contributed by atoms with Crippen LogP contribution < -0.4 is 26.6 Å². The molecule has 1 aromatic rings. The van der Waals surface area contributed by atoms with Crippen LogP contribution in [0.4, 0.5) is 0 Å². The predicted molar refractivity (Wildman–Crippen MR) is 229 cm³/mol. The van der Waals surface area contributed by atoms with Gasteiger partial charge >= 0.3 is 29.8 Å². The van der Waals surface area contributed by atoms with Gasteiger partial charge in [-0.2, -0.15) is 0 Å². The van der Waals surface area contributed by atoms with E-state index in [1.54, 1.807) is 24.5 Å². The van der Waals surface area contributed by atoms with Gasteiger partial charge in [-0.1, -0.05) is 18.6 Å². The molecule has 354 valence electrons. The zero-order chi connectivity index (χ0) is 47.3. The maximum atomic E-state index is 12.9. The number of carboxylic acid groups (broad SMARTS) is 5. The molecule has 0 aromatic carbocycles. The van der Waals surface area contributed by atoms with Gasteiger partial charge in [0.05, 0.1) is 32.7 Å². The van der Waals surface area contributed by atoms with Gasteiger partial charge in [0, 0.05) is 88.9 Å². The number of aromatic amines is 1. The number of aliphatic carboxylic acids is 5. The van der Waals surface area contributed by atoms with Crippen LogP contribution in [0.5, 0.6) is 0 Å². The monoisotopic (exact) mass is 903 g/mol. The van der Waals surface area contributed by atoms with Gasteiger partial charge in [-0.3, -0.25) is 48.3 Å². The van der Waals surface area contributed by atoms with Crippen molar-refractivity contribution in [1.82, 2.24) is 51.3 Å². The first kappa shape index (κ1) is 53.6. The van der Waals surface area contributed by atoms with Crippen LogP contribution in [0.15, 0.2) is 48.0 Å². The number of carbonyl (C=O) groups is 8. The number of nitrogens with zero attached hydrogens (tertiary/aromatic N) is 4. The maximum Gasteiger partial charge on any atom is 0.328 e. The number of hydrogen-bond donors (Lipinski definition) is 12. The van der Waals surface area contributed by atoms with Crippen molar-refractivity contribution >= 4 is 53.8 Å². The van der Waals surface area contributed by atoms with Gasteiger partial charge in [0.25, 0.3) is 5.91 Å². The lowest BCUT2D eigenvalue weighted by molar-refractivity contribution is -0.143. The summed E-state index contributed by atoms with van der Waals surface area (Å²) in [4.78, 5) is 106. The Morgan fingerprint density at radius 2 is 1.39 bits per heavy atom. The van der Waals surface area contributed by atoms with E-state index < -0.39 is 79.8 Å². The predicted octanol–water partition coefficient (Wildman–Crippen LogP) is -2.08. The SMILES string of the molecule is N=CC1=CC(C(=O)NC[C@H](NC(=O)CCCCCNC(=O)CN(CCN(CCN(CC(=O)O)CC(=O)O)CC(=O)O)CC(=O)O)C(=O)O)=CCC1NCCCN/C=C\Cc1ncc[nH]1. The van der Waals surface area contributed by atoms with Crippen LogP contribution >= 0.6 is 0 Å². The molecule has 12 N–H and O–H groups in total. The second-order valence-corrected chi connectivity index (χ2v) is 14.7. The number of aromatic nitrogens is 2. The summed E-state index contributed by atoms with van der Waals surface area (Å²) in [5.41, 5.74) is 0.867. The van der Waals surface area contributed by atoms with Gasteiger partial charge < -0.3 is 62.5 Å². The number of carboxylic acids is 5. The molecule has 2 atom stereocenters. The summed E-state index contributed by atoms with van der Waals surface area (Å²) >= 11 is 0. The summed E-state index contributed by atoms with van der Waals surface area (Å²) in [5, 5.41) is 68.4. The lowest BCUT2D eigenvalue weighted by Crippen LogP contribution is -2.48. The first-order chi connectivity index (χ1) is 30.6. The van der Waals surface area contributed by atoms with Crippen molar-refractivity contribution in [2.45, 2.75) is 57.0 Å². The molecular formula is C40H61N11O13. The van der Waals surface area contributed by atoms with Gasteiger partial charge in [-0.25, -0.2) is 9.78 Å². The van der Waals surface area contributed by atoms with Crippen molar-refractivity contribution < 1.29 is 63.9 Å². The summed E-state index contributed by atoms with van der Waals surface area (Å²) < 4.78 is 0. The Hall–Kier alpha value is -6.50. The van der Waals surface area contributed by atoms with Gasteiger partial charge in [0.1, 0.15) is 11.9 Å². The summed E-state index contributed by atoms with van der Waals surface area (Å²) in [6.07, 6.45) is 14.9. The van der Waals surface area contributed by atoms with Gasteiger partial charge in [0.15, 0.2) is 0 Å². The third-order valence-corrected chi connectivity index (χ3v) is 9.49. The zero-order valence-electron chi connectivity index (χ0n) is 35.6. The van der Waals surface area contributed by atoms with E-state index in [9.17, 15) is 53.7 Å². The van der Waals surface area contributed by atoms with Crippen LogP contribution in [0.2, 0.25) is 0 Å². The van der Waals surface area contributed by atoms with E-state index in [1.807, 2.05) is 12.3 Å². The first-order valence-corrected chi connectivity index (χ1v) is 20.7. The second-order valence-electron chi connectivity index (χ2n) is 14.7. The van der Waals surface area contributed by atoms with Gasteiger partial charge in [-0.15, -0.1) is 0 Å². The van der Waals surface area contributed by atoms with Crippen LogP contribution in [-0.4, -0.2) is 201 Å². The first-order valence-electron chi connectivity index (χ1n) is 20.7. The van der Waals surface area contributed by atoms with Crippen molar-refractivity contribution in [2.75, 3.05) is 85.1 Å². The minimum absolute atomic E-state index is 0.0223. The lowest BCUT2D eigenvalue weighted by Gasteiger charge is -2.27. The van der Waals surface area contributed by atoms with Crippen LogP contribution in [0.3, 0.4) is 0 Å². The largest absolute Gasteiger partial charge is 0.480 e. The Morgan fingerprint density at radius 1 is 0.766 bits per heavy atom. The fraction of sp³-hybridized carbons (Fsp3) is 0.550. The molecule has 0 saturated carbocycles. The molecule has 0 bridgehead atoms. The molecule has 3 amide bonds. The molecule has 24 nitrogen and oxygen atoms in total. The minimum atomic E-state index is -1.40. The second kappa shape index (κ2) is 30.5. The fourth-order valence-corrected chi connectivity index (χ4v) is 6.30. The van der Waals surface area contributed by atoms with Gasteiger partial charge in [0.2, 0.25) is 11.8 Å². The number of imidazole rings is 1. The highest BCUT2D eigenvalue weighted by atomic mass is 16.4. The summed E-state index contributed by atoms with van der Waals surface area (Å²) in [7, 11) is 0. The van der Waals surface area contributed by atoms with E-state index in [2.05, 4.69) is 36.6 Å². The van der Waals surface area contributed by atoms with Crippen molar-refractivity contribution in [3.05, 3.63) is 53.8 Å². The Labute approximate surface area is 369 Å². The molecule has 0 aliphatic heterocycles. The highest BCUT2D eigenvalue weighted by Gasteiger charge is 2.24. The standard InChI is InChI=1S/C40H61N11O13/c41-21-29-20-28(8-9-30(29)43-13-5-11-42-10-4-6-32-44-14-15-45-32)39(62)47-22-31(40(63)64)48-33(52)7-2-1-3-12-46-34(53)23-50(25-36(56)57)18-16-49(24-35(54)55)17-19-51(26-37(58)59)27-38(60)61/h4,8,10,14-15,20-21,30-31,41-43H,1-3,5-7,9,11-13,16-19,22-27H2,(H,44,45)(H,46,53)(H,47,62)(H,48,52)(H,54,55)(H,56,57)(H,58,59)(H,60,61)(H,63,64)/b10-4-,41-21?/t30?,31-/m0/s1. The highest BCUT2D eigenvalue weighted by molar-refractivity contribution is 5.99. The zero-order valence-corrected chi connectivity index (χ0v) is 35.6. The Bertz CT molecular complexity index is 1790. The van der Waals surface area contributed by atoms with E-state index in [0.29, 0.717) is 44.2 Å². The molecule has 0 radical (unpaired) electrons. The smallest absolute Gasteiger partial charge is 0.328 e. The summed E-state index contributed by atoms with van der Waals surface area (Å²) in [6, 6.07) is -1.57. The number of unbranched alkanes of at least 4 members (excludes halogenated alkanes) is 2. The third kappa shape index (κ3) is 24.2.